The summed E-state index contributed by atoms with van der Waals surface area (Å²) < 4.78 is 76.8. The molecule has 2 aliphatic heterocycles. The Labute approximate surface area is 318 Å². The van der Waals surface area contributed by atoms with Gasteiger partial charge in [-0.15, -0.1) is 0 Å². The number of benzene rings is 2. The molecule has 5 atom stereocenters. The molecule has 16 heteroatoms. The minimum absolute atomic E-state index is 0.0176. The molecular formula is C39H47F3N6O6S. The third-order valence-electron chi connectivity index (χ3n) is 11.4. The van der Waals surface area contributed by atoms with Crippen molar-refractivity contribution in [3.63, 3.8) is 0 Å². The van der Waals surface area contributed by atoms with Crippen LogP contribution in [-0.4, -0.2) is 75.6 Å². The van der Waals surface area contributed by atoms with Crippen LogP contribution in [0.5, 0.6) is 6.01 Å². The lowest BCUT2D eigenvalue weighted by atomic mass is 10.0. The number of nitrogens with one attached hydrogen (secondary N) is 3. The Morgan fingerprint density at radius 3 is 2.56 bits per heavy atom. The highest BCUT2D eigenvalue weighted by atomic mass is 32.2. The highest BCUT2D eigenvalue weighted by Crippen LogP contribution is 2.47. The summed E-state index contributed by atoms with van der Waals surface area (Å²) in [6.45, 7) is 5.48. The number of para-hydroxylation sites is 2. The molecule has 2 aromatic carbocycles. The SMILES string of the molecule is CC(C)n1c(O[C@@H]2C[C@H]3C(=O)N[C@]4(C(=O)NS(=O)(=O)C5(C)CC5)C[C@H]4C=CCCCCC[C@H](Nc4cccc(C(F)(F)F)c4)C(=O)N3C2)nc2ccccc21. The predicted molar refractivity (Wildman–Crippen MR) is 199 cm³/mol. The van der Waals surface area contributed by atoms with Crippen LogP contribution in [-0.2, 0) is 30.6 Å². The third kappa shape index (κ3) is 7.79. The molecule has 0 spiro atoms. The van der Waals surface area contributed by atoms with Gasteiger partial charge >= 0.3 is 6.18 Å². The van der Waals surface area contributed by atoms with Crippen LogP contribution in [0.3, 0.4) is 0 Å². The van der Waals surface area contributed by atoms with Crippen LogP contribution in [0.4, 0.5) is 18.9 Å². The Kier molecular flexibility index (Phi) is 10.2. The normalized spacial score (nSPS) is 27.1. The fourth-order valence-electron chi connectivity index (χ4n) is 7.69. The van der Waals surface area contributed by atoms with Crippen LogP contribution < -0.4 is 20.1 Å². The summed E-state index contributed by atoms with van der Waals surface area (Å²) in [5.41, 5.74) is -0.769. The smallest absolute Gasteiger partial charge is 0.416 e. The van der Waals surface area contributed by atoms with E-state index >= 15 is 0 Å². The summed E-state index contributed by atoms with van der Waals surface area (Å²) in [6, 6.07) is 10.3. The molecule has 12 nitrogen and oxygen atoms in total. The molecule has 1 aromatic heterocycles. The zero-order valence-electron chi connectivity index (χ0n) is 31.1. The molecule has 3 N–H and O–H groups in total. The number of alkyl halides is 3. The highest BCUT2D eigenvalue weighted by Gasteiger charge is 2.63. The van der Waals surface area contributed by atoms with Crippen LogP contribution in [0.2, 0.25) is 0 Å². The molecule has 4 aliphatic rings. The van der Waals surface area contributed by atoms with E-state index in [1.807, 2.05) is 54.8 Å². The van der Waals surface area contributed by atoms with E-state index in [-0.39, 0.29) is 37.5 Å². The number of sulfonamides is 1. The van der Waals surface area contributed by atoms with Gasteiger partial charge in [0.1, 0.15) is 23.7 Å². The minimum Gasteiger partial charge on any atom is -0.459 e. The van der Waals surface area contributed by atoms with E-state index in [2.05, 4.69) is 15.4 Å². The van der Waals surface area contributed by atoms with Crippen molar-refractivity contribution >= 4 is 44.5 Å². The molecule has 3 amide bonds. The number of imidazole rings is 1. The largest absolute Gasteiger partial charge is 0.459 e. The first-order valence-corrected chi connectivity index (χ1v) is 20.4. The van der Waals surface area contributed by atoms with Gasteiger partial charge in [0.25, 0.3) is 11.9 Å². The zero-order chi connectivity index (χ0) is 39.3. The number of nitrogens with zero attached hydrogens (tertiary/aromatic N) is 3. The van der Waals surface area contributed by atoms with Crippen molar-refractivity contribution in [1.29, 1.82) is 0 Å². The lowest BCUT2D eigenvalue weighted by molar-refractivity contribution is -0.140. The molecule has 2 saturated carbocycles. The van der Waals surface area contributed by atoms with Crippen molar-refractivity contribution in [3.05, 3.63) is 66.2 Å². The van der Waals surface area contributed by atoms with Crippen molar-refractivity contribution in [2.45, 2.75) is 119 Å². The van der Waals surface area contributed by atoms with Crippen molar-refractivity contribution in [2.24, 2.45) is 5.92 Å². The number of amides is 3. The van der Waals surface area contributed by atoms with Gasteiger partial charge in [0.05, 0.1) is 27.9 Å². The van der Waals surface area contributed by atoms with E-state index in [9.17, 15) is 36.0 Å². The highest BCUT2D eigenvalue weighted by molar-refractivity contribution is 7.91. The number of aromatic nitrogens is 2. The first-order valence-electron chi connectivity index (χ1n) is 18.9. The average Bonchev–Trinajstić information content (AvgIpc) is 3.95. The minimum atomic E-state index is -4.59. The summed E-state index contributed by atoms with van der Waals surface area (Å²) in [5, 5.41) is 5.90. The number of ether oxygens (including phenoxy) is 1. The summed E-state index contributed by atoms with van der Waals surface area (Å²) in [5.74, 6) is -2.47. The summed E-state index contributed by atoms with van der Waals surface area (Å²) >= 11 is 0. The number of hydrogen-bond acceptors (Lipinski definition) is 8. The van der Waals surface area contributed by atoms with E-state index in [0.717, 1.165) is 24.1 Å². The molecule has 1 saturated heterocycles. The van der Waals surface area contributed by atoms with Crippen molar-refractivity contribution < 1.29 is 40.7 Å². The average molecular weight is 785 g/mol. The van der Waals surface area contributed by atoms with Gasteiger partial charge in [-0.3, -0.25) is 23.7 Å². The Morgan fingerprint density at radius 2 is 1.84 bits per heavy atom. The van der Waals surface area contributed by atoms with Crippen LogP contribution >= 0.6 is 0 Å². The van der Waals surface area contributed by atoms with Crippen molar-refractivity contribution in [1.82, 2.24) is 24.5 Å². The van der Waals surface area contributed by atoms with Crippen molar-refractivity contribution in [2.75, 3.05) is 11.9 Å². The Bertz CT molecular complexity index is 2110. The number of halogens is 3. The Hall–Kier alpha value is -4.60. The number of hydrogen-bond donors (Lipinski definition) is 3. The molecule has 296 valence electrons. The number of anilines is 1. The number of rotatable bonds is 8. The van der Waals surface area contributed by atoms with Gasteiger partial charge in [-0.05, 0) is 89.6 Å². The predicted octanol–water partition coefficient (Wildman–Crippen LogP) is 5.86. The summed E-state index contributed by atoms with van der Waals surface area (Å²) in [6.07, 6.45) is 2.41. The Balaban J connectivity index is 1.22. The fourth-order valence-corrected chi connectivity index (χ4v) is 9.00. The maximum atomic E-state index is 14.6. The van der Waals surface area contributed by atoms with Crippen molar-refractivity contribution in [3.8, 4) is 6.01 Å². The molecule has 55 heavy (non-hydrogen) atoms. The monoisotopic (exact) mass is 784 g/mol. The Morgan fingerprint density at radius 1 is 1.07 bits per heavy atom. The maximum Gasteiger partial charge on any atom is 0.416 e. The number of carbonyl (C=O) groups excluding carboxylic acids is 3. The van der Waals surface area contributed by atoms with Gasteiger partial charge in [0, 0.05) is 24.1 Å². The van der Waals surface area contributed by atoms with Gasteiger partial charge in [-0.25, -0.2) is 8.42 Å². The second kappa shape index (κ2) is 14.5. The van der Waals surface area contributed by atoms with E-state index < -0.39 is 73.9 Å². The molecule has 0 bridgehead atoms. The molecule has 7 rings (SSSR count). The molecule has 2 aliphatic carbocycles. The number of carbonyl (C=O) groups is 3. The van der Waals surface area contributed by atoms with Gasteiger partial charge in [-0.1, -0.05) is 43.2 Å². The van der Waals surface area contributed by atoms with Gasteiger partial charge in [-0.2, -0.15) is 18.2 Å². The molecule has 3 fully saturated rings. The lowest BCUT2D eigenvalue weighted by Gasteiger charge is -2.30. The second-order valence-electron chi connectivity index (χ2n) is 15.8. The third-order valence-corrected chi connectivity index (χ3v) is 13.5. The quantitative estimate of drug-likeness (QED) is 0.241. The van der Waals surface area contributed by atoms with E-state index in [0.29, 0.717) is 43.6 Å². The van der Waals surface area contributed by atoms with Gasteiger partial charge in [0.15, 0.2) is 0 Å². The molecule has 3 aromatic rings. The molecular weight excluding hydrogens is 738 g/mol. The standard InChI is InChI=1S/C39H47F3N6O6S/c1-24(2)48-31-17-10-9-15-29(31)44-36(48)54-28-21-32-33(49)45-38(35(51)46-55(52,53)37(3)18-19-37)22-26(38)12-7-5-4-6-8-16-30(34(50)47(32)23-28)43-27-14-11-13-25(20-27)39(40,41)42/h7,9-15,17,20,24,26,28,30,32,43H,4-6,8,16,18-19,21-23H2,1-3H3,(H,45,49)(H,46,51)/t26-,28-,30+,32+,38-/m1/s1. The fraction of sp³-hybridized carbons (Fsp3) is 0.538. The summed E-state index contributed by atoms with van der Waals surface area (Å²) in [7, 11) is -4.02. The topological polar surface area (TPSA) is 152 Å². The van der Waals surface area contributed by atoms with Crippen LogP contribution in [0.1, 0.15) is 90.2 Å². The lowest BCUT2D eigenvalue weighted by Crippen LogP contribution is -2.58. The van der Waals surface area contributed by atoms with Crippen LogP contribution in [0.25, 0.3) is 11.0 Å². The summed E-state index contributed by atoms with van der Waals surface area (Å²) in [4.78, 5) is 49.0. The van der Waals surface area contributed by atoms with E-state index in [4.69, 9.17) is 9.72 Å². The zero-order valence-corrected chi connectivity index (χ0v) is 31.9. The molecule has 0 radical (unpaired) electrons. The van der Waals surface area contributed by atoms with Gasteiger partial charge < -0.3 is 20.3 Å². The first kappa shape index (κ1) is 38.7. The van der Waals surface area contributed by atoms with E-state index in [1.165, 1.54) is 17.0 Å². The first-order chi connectivity index (χ1) is 26.0. The van der Waals surface area contributed by atoms with Gasteiger partial charge in [0.2, 0.25) is 21.8 Å². The van der Waals surface area contributed by atoms with Crippen LogP contribution in [0, 0.1) is 5.92 Å². The molecule has 0 unspecified atom stereocenters. The van der Waals surface area contributed by atoms with E-state index in [1.54, 1.807) is 6.92 Å². The maximum absolute atomic E-state index is 14.6. The second-order valence-corrected chi connectivity index (χ2v) is 18.0. The number of allylic oxidation sites excluding steroid dienone is 1. The van der Waals surface area contributed by atoms with Crippen LogP contribution in [0.15, 0.2) is 60.7 Å². The molecule has 3 heterocycles. The number of fused-ring (bicyclic) bond motifs is 3.